The molecule has 1 aromatic heterocycles. The van der Waals surface area contributed by atoms with Crippen molar-refractivity contribution in [1.29, 1.82) is 0 Å². The predicted octanol–water partition coefficient (Wildman–Crippen LogP) is 3.82. The first-order valence-corrected chi connectivity index (χ1v) is 10.3. The summed E-state index contributed by atoms with van der Waals surface area (Å²) >= 11 is 1.35. The number of nitrogens with one attached hydrogen (secondary N) is 1. The Kier molecular flexibility index (Phi) is 5.67. The van der Waals surface area contributed by atoms with E-state index in [-0.39, 0.29) is 18.2 Å². The number of methoxy groups -OCH3 is 2. The third-order valence-electron chi connectivity index (χ3n) is 4.99. The second-order valence-electron chi connectivity index (χ2n) is 6.83. The standard InChI is InChI=1S/C22H21N3O4S/c1-28-16-9-7-14(8-10-16)17-13-30-22(23-17)24-21(27)15-11-20(26)25(12-15)18-5-3-4-6-19(18)29-2/h3-10,13,15H,11-12H2,1-2H3,(H,23,24,27). The SMILES string of the molecule is COc1ccc(-c2csc(NC(=O)C3CC(=O)N(c4ccccc4OC)C3)n2)cc1. The first-order chi connectivity index (χ1) is 14.6. The lowest BCUT2D eigenvalue weighted by Crippen LogP contribution is -2.28. The molecule has 0 bridgehead atoms. The number of carbonyl (C=O) groups is 2. The van der Waals surface area contributed by atoms with E-state index < -0.39 is 5.92 Å². The number of amides is 2. The second-order valence-corrected chi connectivity index (χ2v) is 7.69. The Balaban J connectivity index is 1.43. The van der Waals surface area contributed by atoms with Gasteiger partial charge in [-0.05, 0) is 36.4 Å². The third-order valence-corrected chi connectivity index (χ3v) is 5.75. The molecule has 0 saturated carbocycles. The highest BCUT2D eigenvalue weighted by molar-refractivity contribution is 7.14. The highest BCUT2D eigenvalue weighted by Crippen LogP contribution is 2.33. The van der Waals surface area contributed by atoms with Crippen LogP contribution in [0.15, 0.2) is 53.9 Å². The molecule has 1 atom stereocenters. The van der Waals surface area contributed by atoms with Crippen LogP contribution < -0.4 is 19.7 Å². The topological polar surface area (TPSA) is 80.8 Å². The molecule has 1 saturated heterocycles. The van der Waals surface area contributed by atoms with E-state index in [9.17, 15) is 9.59 Å². The predicted molar refractivity (Wildman–Crippen MR) is 116 cm³/mol. The third kappa shape index (κ3) is 3.99. The molecule has 2 heterocycles. The quantitative estimate of drug-likeness (QED) is 0.652. The van der Waals surface area contributed by atoms with Gasteiger partial charge in [-0.2, -0.15) is 0 Å². The number of ether oxygens (including phenoxy) is 2. The van der Waals surface area contributed by atoms with Gasteiger partial charge in [0.15, 0.2) is 5.13 Å². The zero-order valence-corrected chi connectivity index (χ0v) is 17.4. The van der Waals surface area contributed by atoms with Crippen molar-refractivity contribution in [1.82, 2.24) is 4.98 Å². The Morgan fingerprint density at radius 3 is 2.63 bits per heavy atom. The van der Waals surface area contributed by atoms with Crippen LogP contribution in [0.1, 0.15) is 6.42 Å². The molecule has 8 heteroatoms. The molecule has 4 rings (SSSR count). The van der Waals surface area contributed by atoms with Gasteiger partial charge in [-0.15, -0.1) is 11.3 Å². The van der Waals surface area contributed by atoms with Crippen LogP contribution in [0.4, 0.5) is 10.8 Å². The lowest BCUT2D eigenvalue weighted by Gasteiger charge is -2.19. The summed E-state index contributed by atoms with van der Waals surface area (Å²) in [6.07, 6.45) is 0.153. The fourth-order valence-electron chi connectivity index (χ4n) is 3.40. The van der Waals surface area contributed by atoms with Crippen LogP contribution in [0.5, 0.6) is 11.5 Å². The molecule has 0 aliphatic carbocycles. The van der Waals surface area contributed by atoms with E-state index in [0.29, 0.717) is 23.1 Å². The van der Waals surface area contributed by atoms with E-state index in [1.54, 1.807) is 25.2 Å². The van der Waals surface area contributed by atoms with Crippen LogP contribution in [-0.2, 0) is 9.59 Å². The number of aromatic nitrogens is 1. The Hall–Kier alpha value is -3.39. The number of thiazole rings is 1. The maximum absolute atomic E-state index is 12.7. The van der Waals surface area contributed by atoms with Crippen LogP contribution >= 0.6 is 11.3 Å². The second kappa shape index (κ2) is 8.54. The smallest absolute Gasteiger partial charge is 0.231 e. The van der Waals surface area contributed by atoms with E-state index in [1.165, 1.54) is 11.3 Å². The van der Waals surface area contributed by atoms with Crippen molar-refractivity contribution in [3.8, 4) is 22.8 Å². The Labute approximate surface area is 178 Å². The van der Waals surface area contributed by atoms with E-state index >= 15 is 0 Å². The molecule has 154 valence electrons. The lowest BCUT2D eigenvalue weighted by atomic mass is 10.1. The number of hydrogen-bond acceptors (Lipinski definition) is 6. The summed E-state index contributed by atoms with van der Waals surface area (Å²) < 4.78 is 10.5. The number of benzene rings is 2. The van der Waals surface area contributed by atoms with Crippen LogP contribution in [0.3, 0.4) is 0 Å². The van der Waals surface area contributed by atoms with Crippen molar-refractivity contribution in [2.24, 2.45) is 5.92 Å². The van der Waals surface area contributed by atoms with Crippen molar-refractivity contribution < 1.29 is 19.1 Å². The Morgan fingerprint density at radius 1 is 1.13 bits per heavy atom. The zero-order valence-electron chi connectivity index (χ0n) is 16.6. The van der Waals surface area contributed by atoms with Crippen LogP contribution in [0, 0.1) is 5.92 Å². The zero-order chi connectivity index (χ0) is 21.1. The molecule has 1 unspecified atom stereocenters. The molecule has 30 heavy (non-hydrogen) atoms. The molecule has 2 amide bonds. The normalized spacial score (nSPS) is 15.9. The maximum Gasteiger partial charge on any atom is 0.231 e. The van der Waals surface area contributed by atoms with Crippen LogP contribution in [0.25, 0.3) is 11.3 Å². The van der Waals surface area contributed by atoms with Gasteiger partial charge in [0.2, 0.25) is 11.8 Å². The number of para-hydroxylation sites is 2. The van der Waals surface area contributed by atoms with Crippen molar-refractivity contribution >= 4 is 34.0 Å². The fourth-order valence-corrected chi connectivity index (χ4v) is 4.12. The molecule has 1 N–H and O–H groups in total. The summed E-state index contributed by atoms with van der Waals surface area (Å²) in [6.45, 7) is 0.307. The van der Waals surface area contributed by atoms with E-state index in [4.69, 9.17) is 9.47 Å². The molecule has 1 aliphatic rings. The highest BCUT2D eigenvalue weighted by Gasteiger charge is 2.36. The largest absolute Gasteiger partial charge is 0.497 e. The summed E-state index contributed by atoms with van der Waals surface area (Å²) in [4.78, 5) is 31.4. The van der Waals surface area contributed by atoms with Gasteiger partial charge in [0.1, 0.15) is 11.5 Å². The van der Waals surface area contributed by atoms with Crippen molar-refractivity contribution in [2.45, 2.75) is 6.42 Å². The number of anilines is 2. The van der Waals surface area contributed by atoms with Crippen molar-refractivity contribution in [2.75, 3.05) is 31.0 Å². The molecule has 1 aliphatic heterocycles. The number of hydrogen-bond donors (Lipinski definition) is 1. The summed E-state index contributed by atoms with van der Waals surface area (Å²) in [5.74, 6) is 0.619. The molecule has 0 radical (unpaired) electrons. The highest BCUT2D eigenvalue weighted by atomic mass is 32.1. The average Bonchev–Trinajstić information content (AvgIpc) is 3.40. The molecular weight excluding hydrogens is 402 g/mol. The monoisotopic (exact) mass is 423 g/mol. The van der Waals surface area contributed by atoms with Gasteiger partial charge < -0.3 is 19.7 Å². The van der Waals surface area contributed by atoms with Gasteiger partial charge in [0.25, 0.3) is 0 Å². The molecule has 0 spiro atoms. The molecular formula is C22H21N3O4S. The minimum Gasteiger partial charge on any atom is -0.497 e. The minimum atomic E-state index is -0.448. The Bertz CT molecular complexity index is 1060. The van der Waals surface area contributed by atoms with E-state index in [2.05, 4.69) is 10.3 Å². The molecule has 1 fully saturated rings. The minimum absolute atomic E-state index is 0.0993. The van der Waals surface area contributed by atoms with Gasteiger partial charge in [-0.3, -0.25) is 9.59 Å². The lowest BCUT2D eigenvalue weighted by molar-refractivity contribution is -0.122. The first kappa shape index (κ1) is 19.9. The summed E-state index contributed by atoms with van der Waals surface area (Å²) in [5.41, 5.74) is 2.39. The summed E-state index contributed by atoms with van der Waals surface area (Å²) in [5, 5.41) is 5.25. The van der Waals surface area contributed by atoms with E-state index in [1.807, 2.05) is 47.8 Å². The summed E-state index contributed by atoms with van der Waals surface area (Å²) in [6, 6.07) is 14.9. The first-order valence-electron chi connectivity index (χ1n) is 9.43. The number of nitrogens with zero attached hydrogens (tertiary/aromatic N) is 2. The molecule has 2 aromatic carbocycles. The molecule has 3 aromatic rings. The van der Waals surface area contributed by atoms with Crippen molar-refractivity contribution in [3.05, 3.63) is 53.9 Å². The van der Waals surface area contributed by atoms with Gasteiger partial charge >= 0.3 is 0 Å². The average molecular weight is 423 g/mol. The fraction of sp³-hybridized carbons (Fsp3) is 0.227. The van der Waals surface area contributed by atoms with Crippen LogP contribution in [0.2, 0.25) is 0 Å². The maximum atomic E-state index is 12.7. The van der Waals surface area contributed by atoms with E-state index in [0.717, 1.165) is 17.0 Å². The Morgan fingerprint density at radius 2 is 1.90 bits per heavy atom. The van der Waals surface area contributed by atoms with Gasteiger partial charge in [0, 0.05) is 23.9 Å². The summed E-state index contributed by atoms with van der Waals surface area (Å²) in [7, 11) is 3.18. The van der Waals surface area contributed by atoms with Gasteiger partial charge in [-0.1, -0.05) is 12.1 Å². The molecule has 7 nitrogen and oxygen atoms in total. The van der Waals surface area contributed by atoms with Crippen molar-refractivity contribution in [3.63, 3.8) is 0 Å². The van der Waals surface area contributed by atoms with Gasteiger partial charge in [0.05, 0.1) is 31.5 Å². The number of carbonyl (C=O) groups excluding carboxylic acids is 2. The number of rotatable bonds is 6. The van der Waals surface area contributed by atoms with Gasteiger partial charge in [-0.25, -0.2) is 4.98 Å². The van der Waals surface area contributed by atoms with Crippen LogP contribution in [-0.4, -0.2) is 37.6 Å².